The molecule has 1 aliphatic heterocycles. The van der Waals surface area contributed by atoms with Crippen molar-refractivity contribution < 1.29 is 4.79 Å². The minimum absolute atomic E-state index is 0.0119. The minimum atomic E-state index is -0.0119. The predicted molar refractivity (Wildman–Crippen MR) is 79.6 cm³/mol. The van der Waals surface area contributed by atoms with E-state index in [0.717, 1.165) is 40.6 Å². The second kappa shape index (κ2) is 4.15. The molecule has 0 bridgehead atoms. The van der Waals surface area contributed by atoms with Crippen molar-refractivity contribution in [1.29, 1.82) is 0 Å². The molecule has 20 heavy (non-hydrogen) atoms. The van der Waals surface area contributed by atoms with Crippen molar-refractivity contribution in [3.63, 3.8) is 0 Å². The van der Waals surface area contributed by atoms with Gasteiger partial charge in [-0.1, -0.05) is 15.9 Å². The Hall–Kier alpha value is -1.69. The highest BCUT2D eigenvalue weighted by Crippen LogP contribution is 2.39. The van der Waals surface area contributed by atoms with Crippen LogP contribution in [-0.2, 0) is 4.79 Å². The van der Waals surface area contributed by atoms with E-state index < -0.39 is 0 Å². The lowest BCUT2D eigenvalue weighted by Gasteiger charge is -2.34. The number of piperazine rings is 1. The molecule has 5 nitrogen and oxygen atoms in total. The summed E-state index contributed by atoms with van der Waals surface area (Å²) in [4.78, 5) is 22.7. The molecule has 6 heteroatoms. The second-order valence-corrected chi connectivity index (χ2v) is 6.46. The van der Waals surface area contributed by atoms with Gasteiger partial charge in [0.15, 0.2) is 0 Å². The van der Waals surface area contributed by atoms with Gasteiger partial charge >= 0.3 is 0 Å². The Morgan fingerprint density at radius 1 is 1.30 bits per heavy atom. The highest BCUT2D eigenvalue weighted by atomic mass is 79.9. The van der Waals surface area contributed by atoms with Gasteiger partial charge in [0.05, 0.1) is 17.6 Å². The summed E-state index contributed by atoms with van der Waals surface area (Å²) in [5.41, 5.74) is 0.877. The molecule has 1 spiro atoms. The lowest BCUT2D eigenvalue weighted by molar-refractivity contribution is -0.121. The molecule has 1 amide bonds. The van der Waals surface area contributed by atoms with Crippen molar-refractivity contribution >= 4 is 38.6 Å². The van der Waals surface area contributed by atoms with E-state index in [0.29, 0.717) is 6.54 Å². The zero-order chi connectivity index (χ0) is 13.7. The van der Waals surface area contributed by atoms with E-state index in [4.69, 9.17) is 0 Å². The number of carbonyl (C=O) groups excluding carboxylic acids is 1. The molecule has 1 saturated carbocycles. The van der Waals surface area contributed by atoms with Crippen LogP contribution in [0.1, 0.15) is 12.8 Å². The fourth-order valence-electron chi connectivity index (χ4n) is 2.82. The smallest absolute Gasteiger partial charge is 0.240 e. The van der Waals surface area contributed by atoms with Gasteiger partial charge in [-0.25, -0.2) is 9.97 Å². The number of carbonyl (C=O) groups is 1. The molecular formula is C14H13BrN4O. The maximum Gasteiger partial charge on any atom is 0.240 e. The van der Waals surface area contributed by atoms with E-state index in [-0.39, 0.29) is 11.4 Å². The van der Waals surface area contributed by atoms with Gasteiger partial charge < -0.3 is 10.2 Å². The second-order valence-electron chi connectivity index (χ2n) is 5.54. The molecule has 1 N–H and O–H groups in total. The molecule has 0 radical (unpaired) electrons. The van der Waals surface area contributed by atoms with Gasteiger partial charge in [0.1, 0.15) is 12.1 Å². The molecule has 1 aromatic heterocycles. The third-order valence-electron chi connectivity index (χ3n) is 3.96. The van der Waals surface area contributed by atoms with Crippen LogP contribution in [0.15, 0.2) is 29.0 Å². The van der Waals surface area contributed by atoms with Crippen molar-refractivity contribution in [1.82, 2.24) is 15.3 Å². The summed E-state index contributed by atoms with van der Waals surface area (Å²) in [6, 6.07) is 5.95. The highest BCUT2D eigenvalue weighted by Gasteiger charge is 2.48. The van der Waals surface area contributed by atoms with Gasteiger partial charge in [-0.2, -0.15) is 0 Å². The number of nitrogens with one attached hydrogen (secondary N) is 1. The third-order valence-corrected chi connectivity index (χ3v) is 4.46. The van der Waals surface area contributed by atoms with E-state index in [2.05, 4.69) is 36.1 Å². The molecule has 1 saturated heterocycles. The fourth-order valence-corrected chi connectivity index (χ4v) is 3.17. The van der Waals surface area contributed by atoms with Crippen molar-refractivity contribution in [2.75, 3.05) is 18.0 Å². The van der Waals surface area contributed by atoms with Crippen LogP contribution >= 0.6 is 15.9 Å². The average Bonchev–Trinajstić information content (AvgIpc) is 3.15. The van der Waals surface area contributed by atoms with Crippen LogP contribution in [0.4, 0.5) is 5.82 Å². The topological polar surface area (TPSA) is 58.1 Å². The van der Waals surface area contributed by atoms with Gasteiger partial charge in [0.25, 0.3) is 0 Å². The highest BCUT2D eigenvalue weighted by molar-refractivity contribution is 9.10. The van der Waals surface area contributed by atoms with Crippen LogP contribution in [0.3, 0.4) is 0 Å². The Kier molecular flexibility index (Phi) is 2.51. The first-order valence-electron chi connectivity index (χ1n) is 6.62. The molecule has 1 aromatic carbocycles. The Labute approximate surface area is 124 Å². The standard InChI is InChI=1S/C14H13BrN4O/c15-9-1-2-10-11(5-9)16-8-17-13(10)19-6-12(20)18-14(7-19)3-4-14/h1-2,5,8H,3-4,6-7H2,(H,18,20). The van der Waals surface area contributed by atoms with E-state index in [1.54, 1.807) is 6.33 Å². The van der Waals surface area contributed by atoms with Crippen LogP contribution in [0.2, 0.25) is 0 Å². The van der Waals surface area contributed by atoms with Crippen molar-refractivity contribution in [3.8, 4) is 0 Å². The van der Waals surface area contributed by atoms with Crippen LogP contribution in [0.25, 0.3) is 10.9 Å². The number of halogens is 1. The van der Waals surface area contributed by atoms with Crippen LogP contribution in [0.5, 0.6) is 0 Å². The number of amides is 1. The van der Waals surface area contributed by atoms with E-state index >= 15 is 0 Å². The van der Waals surface area contributed by atoms with Gasteiger partial charge in [-0.05, 0) is 31.0 Å². The summed E-state index contributed by atoms with van der Waals surface area (Å²) in [7, 11) is 0. The number of nitrogens with zero attached hydrogens (tertiary/aromatic N) is 3. The number of hydrogen-bond acceptors (Lipinski definition) is 4. The number of rotatable bonds is 1. The first-order chi connectivity index (χ1) is 9.65. The summed E-state index contributed by atoms with van der Waals surface area (Å²) in [5.74, 6) is 0.932. The van der Waals surface area contributed by atoms with Gasteiger partial charge in [0, 0.05) is 16.4 Å². The maximum atomic E-state index is 11.9. The molecule has 0 unspecified atom stereocenters. The van der Waals surface area contributed by atoms with E-state index in [1.165, 1.54) is 0 Å². The van der Waals surface area contributed by atoms with Gasteiger partial charge in [-0.3, -0.25) is 4.79 Å². The van der Waals surface area contributed by atoms with Gasteiger partial charge in [0.2, 0.25) is 5.91 Å². The monoisotopic (exact) mass is 332 g/mol. The van der Waals surface area contributed by atoms with Gasteiger partial charge in [-0.15, -0.1) is 0 Å². The summed E-state index contributed by atoms with van der Waals surface area (Å²) in [6.45, 7) is 1.20. The third kappa shape index (κ3) is 1.95. The molecule has 2 aliphatic rings. The zero-order valence-corrected chi connectivity index (χ0v) is 12.4. The Balaban J connectivity index is 1.79. The van der Waals surface area contributed by atoms with E-state index in [9.17, 15) is 4.79 Å². The zero-order valence-electron chi connectivity index (χ0n) is 10.8. The Morgan fingerprint density at radius 3 is 2.95 bits per heavy atom. The number of benzene rings is 1. The molecular weight excluding hydrogens is 320 g/mol. The number of aromatic nitrogens is 2. The summed E-state index contributed by atoms with van der Waals surface area (Å²) in [5, 5.41) is 4.08. The normalized spacial score (nSPS) is 20.2. The SMILES string of the molecule is O=C1CN(c2ncnc3cc(Br)ccc23)CC2(CC2)N1. The molecule has 4 rings (SSSR count). The first kappa shape index (κ1) is 12.1. The van der Waals surface area contributed by atoms with Crippen LogP contribution in [-0.4, -0.2) is 34.5 Å². The van der Waals surface area contributed by atoms with E-state index in [1.807, 2.05) is 18.2 Å². The maximum absolute atomic E-state index is 11.9. The number of hydrogen-bond donors (Lipinski definition) is 1. The largest absolute Gasteiger partial charge is 0.347 e. The van der Waals surface area contributed by atoms with Crippen molar-refractivity contribution in [2.45, 2.75) is 18.4 Å². The number of fused-ring (bicyclic) bond motifs is 1. The lowest BCUT2D eigenvalue weighted by atomic mass is 10.1. The molecule has 2 fully saturated rings. The predicted octanol–water partition coefficient (Wildman–Crippen LogP) is 1.86. The first-order valence-corrected chi connectivity index (χ1v) is 7.41. The van der Waals surface area contributed by atoms with Crippen LogP contribution in [0, 0.1) is 0 Å². The fraction of sp³-hybridized carbons (Fsp3) is 0.357. The lowest BCUT2D eigenvalue weighted by Crippen LogP contribution is -2.56. The minimum Gasteiger partial charge on any atom is -0.347 e. The van der Waals surface area contributed by atoms with Crippen molar-refractivity contribution in [3.05, 3.63) is 29.0 Å². The summed E-state index contributed by atoms with van der Waals surface area (Å²) >= 11 is 3.45. The van der Waals surface area contributed by atoms with Crippen molar-refractivity contribution in [2.24, 2.45) is 0 Å². The average molecular weight is 333 g/mol. The molecule has 0 atom stereocenters. The summed E-state index contributed by atoms with van der Waals surface area (Å²) < 4.78 is 0.990. The summed E-state index contributed by atoms with van der Waals surface area (Å²) in [6.07, 6.45) is 3.68. The van der Waals surface area contributed by atoms with Crippen LogP contribution < -0.4 is 10.2 Å². The molecule has 2 heterocycles. The quantitative estimate of drug-likeness (QED) is 0.866. The number of anilines is 1. The molecule has 1 aliphatic carbocycles. The Bertz CT molecular complexity index is 713. The molecule has 102 valence electrons. The molecule has 2 aromatic rings. The Morgan fingerprint density at radius 2 is 2.15 bits per heavy atom.